The zero-order valence-corrected chi connectivity index (χ0v) is 19.9. The summed E-state index contributed by atoms with van der Waals surface area (Å²) < 4.78 is 10.6. The molecular weight excluding hydrogens is 424 g/mol. The second-order valence-electron chi connectivity index (χ2n) is 8.27. The van der Waals surface area contributed by atoms with Gasteiger partial charge in [0.15, 0.2) is 5.82 Å². The molecule has 3 heterocycles. The van der Waals surface area contributed by atoms with Crippen molar-refractivity contribution in [3.63, 3.8) is 0 Å². The quantitative estimate of drug-likeness (QED) is 0.584. The molecule has 3 aromatic rings. The molecule has 2 aromatic heterocycles. The molecule has 0 unspecified atom stereocenters. The summed E-state index contributed by atoms with van der Waals surface area (Å²) in [6.07, 6.45) is 1.89. The standard InChI is InChI=1S/C24H30N4O3S/c1-15-7-5-6-8-17(15)13-28-11-9-18(10-12-28)25-22(29)21-16(2)20-23(31-4)26-19(14-30-3)27-24(20)32-21/h5-8,18H,9-14H2,1-4H3,(H,25,29). The number of hydrogen-bond donors (Lipinski definition) is 1. The monoisotopic (exact) mass is 454 g/mol. The van der Waals surface area contributed by atoms with Gasteiger partial charge >= 0.3 is 0 Å². The summed E-state index contributed by atoms with van der Waals surface area (Å²) in [6, 6.07) is 8.71. The van der Waals surface area contributed by atoms with Crippen molar-refractivity contribution in [2.75, 3.05) is 27.3 Å². The van der Waals surface area contributed by atoms with Crippen LogP contribution in [0, 0.1) is 13.8 Å². The van der Waals surface area contributed by atoms with Gasteiger partial charge in [-0.3, -0.25) is 9.69 Å². The van der Waals surface area contributed by atoms with Crippen LogP contribution in [0.1, 0.15) is 45.0 Å². The van der Waals surface area contributed by atoms with E-state index < -0.39 is 0 Å². The van der Waals surface area contributed by atoms with Crippen LogP contribution in [-0.4, -0.2) is 54.1 Å². The molecule has 0 radical (unpaired) electrons. The Morgan fingerprint density at radius 1 is 1.19 bits per heavy atom. The van der Waals surface area contributed by atoms with Gasteiger partial charge in [0.2, 0.25) is 5.88 Å². The van der Waals surface area contributed by atoms with Crippen LogP contribution in [0.2, 0.25) is 0 Å². The van der Waals surface area contributed by atoms with Gasteiger partial charge in [0, 0.05) is 32.8 Å². The van der Waals surface area contributed by atoms with Crippen molar-refractivity contribution in [3.8, 4) is 5.88 Å². The van der Waals surface area contributed by atoms with Crippen molar-refractivity contribution >= 4 is 27.5 Å². The van der Waals surface area contributed by atoms with Crippen LogP contribution in [0.4, 0.5) is 0 Å². The maximum atomic E-state index is 13.1. The number of likely N-dealkylation sites (tertiary alicyclic amines) is 1. The van der Waals surface area contributed by atoms with Crippen LogP contribution in [-0.2, 0) is 17.9 Å². The number of aromatic nitrogens is 2. The lowest BCUT2D eigenvalue weighted by atomic mass is 10.0. The Morgan fingerprint density at radius 2 is 1.94 bits per heavy atom. The minimum Gasteiger partial charge on any atom is -0.480 e. The Kier molecular flexibility index (Phi) is 7.03. The molecule has 8 heteroatoms. The number of methoxy groups -OCH3 is 2. The van der Waals surface area contributed by atoms with Gasteiger partial charge in [0.1, 0.15) is 11.4 Å². The fourth-order valence-corrected chi connectivity index (χ4v) is 5.31. The highest BCUT2D eigenvalue weighted by molar-refractivity contribution is 7.20. The molecule has 1 fully saturated rings. The number of piperidine rings is 1. The maximum Gasteiger partial charge on any atom is 0.261 e. The minimum absolute atomic E-state index is 0.0433. The summed E-state index contributed by atoms with van der Waals surface area (Å²) in [5.74, 6) is 0.989. The predicted molar refractivity (Wildman–Crippen MR) is 126 cm³/mol. The molecule has 32 heavy (non-hydrogen) atoms. The first-order valence-electron chi connectivity index (χ1n) is 10.9. The van der Waals surface area contributed by atoms with E-state index in [1.54, 1.807) is 14.2 Å². The third-order valence-electron chi connectivity index (χ3n) is 6.05. The number of hydrogen-bond acceptors (Lipinski definition) is 7. The Morgan fingerprint density at radius 3 is 2.62 bits per heavy atom. The van der Waals surface area contributed by atoms with Crippen LogP contribution in [0.25, 0.3) is 10.2 Å². The molecule has 4 rings (SSSR count). The molecule has 0 saturated carbocycles. The summed E-state index contributed by atoms with van der Waals surface area (Å²) in [7, 11) is 3.19. The maximum absolute atomic E-state index is 13.1. The second kappa shape index (κ2) is 9.94. The Hall–Kier alpha value is -2.55. The lowest BCUT2D eigenvalue weighted by molar-refractivity contribution is 0.0912. The molecule has 1 aromatic carbocycles. The van der Waals surface area contributed by atoms with Crippen molar-refractivity contribution in [3.05, 3.63) is 51.7 Å². The smallest absolute Gasteiger partial charge is 0.261 e. The molecular formula is C24H30N4O3S. The number of thiophene rings is 1. The van der Waals surface area contributed by atoms with Crippen molar-refractivity contribution < 1.29 is 14.3 Å². The molecule has 1 aliphatic rings. The van der Waals surface area contributed by atoms with Gasteiger partial charge < -0.3 is 14.8 Å². The molecule has 1 aliphatic heterocycles. The minimum atomic E-state index is -0.0433. The first kappa shape index (κ1) is 22.6. The Labute approximate surface area is 192 Å². The topological polar surface area (TPSA) is 76.6 Å². The van der Waals surface area contributed by atoms with Crippen LogP contribution >= 0.6 is 11.3 Å². The molecule has 1 N–H and O–H groups in total. The van der Waals surface area contributed by atoms with Crippen LogP contribution in [0.3, 0.4) is 0 Å². The first-order valence-corrected chi connectivity index (χ1v) is 11.7. The van der Waals surface area contributed by atoms with Crippen LogP contribution in [0.5, 0.6) is 5.88 Å². The largest absolute Gasteiger partial charge is 0.480 e. The summed E-state index contributed by atoms with van der Waals surface area (Å²) in [5, 5.41) is 4.04. The van der Waals surface area contributed by atoms with Crippen molar-refractivity contribution in [2.24, 2.45) is 0 Å². The fraction of sp³-hybridized carbons (Fsp3) is 0.458. The zero-order chi connectivity index (χ0) is 22.7. The van der Waals surface area contributed by atoms with E-state index in [4.69, 9.17) is 9.47 Å². The molecule has 1 saturated heterocycles. The number of amides is 1. The number of benzene rings is 1. The number of ether oxygens (including phenoxy) is 2. The van der Waals surface area contributed by atoms with Gasteiger partial charge in [-0.25, -0.2) is 4.98 Å². The summed E-state index contributed by atoms with van der Waals surface area (Å²) in [5.41, 5.74) is 3.56. The fourth-order valence-electron chi connectivity index (χ4n) is 4.22. The van der Waals surface area contributed by atoms with E-state index in [1.165, 1.54) is 22.5 Å². The van der Waals surface area contributed by atoms with Crippen molar-refractivity contribution in [1.29, 1.82) is 0 Å². The third-order valence-corrected chi connectivity index (χ3v) is 7.24. The van der Waals surface area contributed by atoms with Crippen LogP contribution in [0.15, 0.2) is 24.3 Å². The summed E-state index contributed by atoms with van der Waals surface area (Å²) in [6.45, 7) is 7.30. The average Bonchev–Trinajstić information content (AvgIpc) is 3.13. The number of carbonyl (C=O) groups is 1. The molecule has 1 amide bonds. The van der Waals surface area contributed by atoms with E-state index in [1.807, 2.05) is 6.92 Å². The van der Waals surface area contributed by atoms with E-state index >= 15 is 0 Å². The predicted octanol–water partition coefficient (Wildman–Crippen LogP) is 3.86. The van der Waals surface area contributed by atoms with Crippen LogP contribution < -0.4 is 10.1 Å². The highest BCUT2D eigenvalue weighted by Gasteiger charge is 2.25. The SMILES string of the molecule is COCc1nc(OC)c2c(C)c(C(=O)NC3CCN(Cc4ccccc4C)CC3)sc2n1. The lowest BCUT2D eigenvalue weighted by Crippen LogP contribution is -2.44. The molecule has 0 bridgehead atoms. The van der Waals surface area contributed by atoms with E-state index in [0.717, 1.165) is 48.3 Å². The second-order valence-corrected chi connectivity index (χ2v) is 9.27. The van der Waals surface area contributed by atoms with Gasteiger partial charge in [-0.05, 0) is 43.4 Å². The first-order chi connectivity index (χ1) is 15.5. The molecule has 0 aliphatic carbocycles. The van der Waals surface area contributed by atoms with Gasteiger partial charge in [0.25, 0.3) is 5.91 Å². The third kappa shape index (κ3) is 4.77. The summed E-state index contributed by atoms with van der Waals surface area (Å²) in [4.78, 5) is 26.0. The molecule has 170 valence electrons. The van der Waals surface area contributed by atoms with Gasteiger partial charge in [-0.15, -0.1) is 11.3 Å². The zero-order valence-electron chi connectivity index (χ0n) is 19.1. The highest BCUT2D eigenvalue weighted by atomic mass is 32.1. The van der Waals surface area contributed by atoms with E-state index in [9.17, 15) is 4.79 Å². The van der Waals surface area contributed by atoms with Crippen molar-refractivity contribution in [2.45, 2.75) is 45.9 Å². The molecule has 7 nitrogen and oxygen atoms in total. The van der Waals surface area contributed by atoms with E-state index in [0.29, 0.717) is 23.2 Å². The summed E-state index contributed by atoms with van der Waals surface area (Å²) >= 11 is 1.38. The molecule has 0 spiro atoms. The number of rotatable bonds is 7. The van der Waals surface area contributed by atoms with Crippen molar-refractivity contribution in [1.82, 2.24) is 20.2 Å². The van der Waals surface area contributed by atoms with Gasteiger partial charge in [0.05, 0.1) is 17.4 Å². The number of aryl methyl sites for hydroxylation is 2. The number of carbonyl (C=O) groups excluding carboxylic acids is 1. The number of nitrogens with one attached hydrogen (secondary N) is 1. The van der Waals surface area contributed by atoms with E-state index in [2.05, 4.69) is 51.4 Å². The number of nitrogens with zero attached hydrogens (tertiary/aromatic N) is 3. The van der Waals surface area contributed by atoms with Gasteiger partial charge in [-0.2, -0.15) is 4.98 Å². The van der Waals surface area contributed by atoms with Gasteiger partial charge in [-0.1, -0.05) is 24.3 Å². The normalized spacial score (nSPS) is 15.2. The molecule has 0 atom stereocenters. The van der Waals surface area contributed by atoms with E-state index in [-0.39, 0.29) is 11.9 Å². The average molecular weight is 455 g/mol. The highest BCUT2D eigenvalue weighted by Crippen LogP contribution is 2.35. The Bertz CT molecular complexity index is 1110. The lowest BCUT2D eigenvalue weighted by Gasteiger charge is -2.32. The number of fused-ring (bicyclic) bond motifs is 1. The Balaban J connectivity index is 1.42.